The molecule has 1 saturated heterocycles. The molecule has 3 rings (SSSR count). The minimum atomic E-state index is 0.190. The Hall–Kier alpha value is -1.69. The number of rotatable bonds is 4. The highest BCUT2D eigenvalue weighted by atomic mass is 16.2. The molecule has 1 amide bonds. The summed E-state index contributed by atoms with van der Waals surface area (Å²) >= 11 is 0. The molecule has 3 atom stereocenters. The Bertz CT molecular complexity index is 647. The monoisotopic (exact) mass is 359 g/mol. The zero-order chi connectivity index (χ0) is 18.9. The van der Waals surface area contributed by atoms with Gasteiger partial charge in [0.1, 0.15) is 11.6 Å². The lowest BCUT2D eigenvalue weighted by Gasteiger charge is -2.39. The van der Waals surface area contributed by atoms with Gasteiger partial charge in [0.25, 0.3) is 0 Å². The van der Waals surface area contributed by atoms with E-state index < -0.39 is 0 Å². The van der Waals surface area contributed by atoms with Crippen LogP contribution in [0.15, 0.2) is 12.3 Å². The summed E-state index contributed by atoms with van der Waals surface area (Å²) < 4.78 is 0. The third-order valence-electron chi connectivity index (χ3n) is 5.95. The van der Waals surface area contributed by atoms with E-state index in [9.17, 15) is 4.79 Å². The molecule has 2 heterocycles. The van der Waals surface area contributed by atoms with Gasteiger partial charge in [-0.3, -0.25) is 9.69 Å². The minimum absolute atomic E-state index is 0.190. The van der Waals surface area contributed by atoms with Gasteiger partial charge in [0.15, 0.2) is 0 Å². The molecule has 1 aliphatic carbocycles. The fourth-order valence-electron chi connectivity index (χ4n) is 4.94. The molecule has 6 nitrogen and oxygen atoms in total. The number of nitrogens with two attached hydrogens (primary N) is 1. The number of amides is 1. The Morgan fingerprint density at radius 3 is 2.88 bits per heavy atom. The first-order valence-corrected chi connectivity index (χ1v) is 9.80. The van der Waals surface area contributed by atoms with Crippen molar-refractivity contribution in [1.29, 1.82) is 0 Å². The van der Waals surface area contributed by atoms with Gasteiger partial charge >= 0.3 is 0 Å². The van der Waals surface area contributed by atoms with E-state index in [0.717, 1.165) is 38.2 Å². The fourth-order valence-corrected chi connectivity index (χ4v) is 4.94. The van der Waals surface area contributed by atoms with Crippen molar-refractivity contribution in [3.05, 3.63) is 18.1 Å². The normalized spacial score (nSPS) is 28.5. The summed E-state index contributed by atoms with van der Waals surface area (Å²) in [5.74, 6) is 2.42. The zero-order valence-electron chi connectivity index (χ0n) is 16.6. The first kappa shape index (κ1) is 19.1. The molecule has 1 aliphatic heterocycles. The molecule has 2 aliphatic rings. The average Bonchev–Trinajstić information content (AvgIpc) is 3.02. The lowest BCUT2D eigenvalue weighted by Crippen LogP contribution is -2.42. The first-order valence-electron chi connectivity index (χ1n) is 9.80. The summed E-state index contributed by atoms with van der Waals surface area (Å²) in [6.45, 7) is 9.21. The summed E-state index contributed by atoms with van der Waals surface area (Å²) in [4.78, 5) is 26.0. The maximum atomic E-state index is 13.1. The first-order chi connectivity index (χ1) is 12.2. The Balaban J connectivity index is 1.56. The summed E-state index contributed by atoms with van der Waals surface area (Å²) in [5.41, 5.74) is 6.02. The summed E-state index contributed by atoms with van der Waals surface area (Å²) in [6.07, 6.45) is 5.99. The second kappa shape index (κ2) is 7.51. The molecule has 6 heteroatoms. The SMILES string of the molecule is C[C@@H]1C[C@@H](C(=O)N2CC[C@@H](N(C)Cc3nccc(N)n3)C2)CC(C)(C)C1. The lowest BCUT2D eigenvalue weighted by molar-refractivity contribution is -0.137. The van der Waals surface area contributed by atoms with Crippen LogP contribution in [0.5, 0.6) is 0 Å². The van der Waals surface area contributed by atoms with Crippen molar-refractivity contribution in [3.63, 3.8) is 0 Å². The number of carbonyl (C=O) groups is 1. The molecule has 1 aromatic rings. The van der Waals surface area contributed by atoms with E-state index in [-0.39, 0.29) is 11.3 Å². The van der Waals surface area contributed by atoms with Crippen LogP contribution >= 0.6 is 0 Å². The minimum Gasteiger partial charge on any atom is -0.384 e. The van der Waals surface area contributed by atoms with Crippen molar-refractivity contribution in [1.82, 2.24) is 19.8 Å². The van der Waals surface area contributed by atoms with E-state index in [1.807, 2.05) is 0 Å². The summed E-state index contributed by atoms with van der Waals surface area (Å²) in [7, 11) is 2.08. The molecule has 1 saturated carbocycles. The van der Waals surface area contributed by atoms with Crippen LogP contribution in [0.3, 0.4) is 0 Å². The van der Waals surface area contributed by atoms with Crippen LogP contribution in [0.2, 0.25) is 0 Å². The fraction of sp³-hybridized carbons (Fsp3) is 0.750. The van der Waals surface area contributed by atoms with Crippen molar-refractivity contribution in [3.8, 4) is 0 Å². The van der Waals surface area contributed by atoms with E-state index in [1.54, 1.807) is 12.3 Å². The number of nitrogens with zero attached hydrogens (tertiary/aromatic N) is 4. The second-order valence-corrected chi connectivity index (χ2v) is 9.15. The second-order valence-electron chi connectivity index (χ2n) is 9.15. The van der Waals surface area contributed by atoms with Crippen LogP contribution in [-0.2, 0) is 11.3 Å². The number of hydrogen-bond donors (Lipinski definition) is 1. The summed E-state index contributed by atoms with van der Waals surface area (Å²) in [6, 6.07) is 2.06. The predicted octanol–water partition coefficient (Wildman–Crippen LogP) is 2.55. The summed E-state index contributed by atoms with van der Waals surface area (Å²) in [5, 5.41) is 0. The maximum Gasteiger partial charge on any atom is 0.225 e. The van der Waals surface area contributed by atoms with E-state index in [1.165, 1.54) is 6.42 Å². The van der Waals surface area contributed by atoms with Crippen LogP contribution in [0, 0.1) is 17.3 Å². The third kappa shape index (κ3) is 4.53. The van der Waals surface area contributed by atoms with Crippen LogP contribution in [0.1, 0.15) is 52.3 Å². The zero-order valence-corrected chi connectivity index (χ0v) is 16.6. The highest BCUT2D eigenvalue weighted by Crippen LogP contribution is 2.42. The van der Waals surface area contributed by atoms with Gasteiger partial charge in [0.05, 0.1) is 6.54 Å². The molecule has 0 spiro atoms. The van der Waals surface area contributed by atoms with Gasteiger partial charge in [-0.1, -0.05) is 20.8 Å². The van der Waals surface area contributed by atoms with Crippen molar-refractivity contribution >= 4 is 11.7 Å². The number of carbonyl (C=O) groups excluding carboxylic acids is 1. The largest absolute Gasteiger partial charge is 0.384 e. The Morgan fingerprint density at radius 2 is 2.19 bits per heavy atom. The molecule has 0 unspecified atom stereocenters. The molecule has 1 aromatic heterocycles. The predicted molar refractivity (Wildman–Crippen MR) is 103 cm³/mol. The van der Waals surface area contributed by atoms with Gasteiger partial charge in [-0.25, -0.2) is 9.97 Å². The number of likely N-dealkylation sites (N-methyl/N-ethyl adjacent to an activating group) is 1. The van der Waals surface area contributed by atoms with E-state index >= 15 is 0 Å². The smallest absolute Gasteiger partial charge is 0.225 e. The number of anilines is 1. The van der Waals surface area contributed by atoms with Crippen LogP contribution in [0.4, 0.5) is 5.82 Å². The third-order valence-corrected chi connectivity index (χ3v) is 5.95. The highest BCUT2D eigenvalue weighted by molar-refractivity contribution is 5.79. The highest BCUT2D eigenvalue weighted by Gasteiger charge is 2.39. The molecule has 26 heavy (non-hydrogen) atoms. The van der Waals surface area contributed by atoms with Gasteiger partial charge in [0.2, 0.25) is 5.91 Å². The van der Waals surface area contributed by atoms with Crippen LogP contribution in [0.25, 0.3) is 0 Å². The molecule has 2 N–H and O–H groups in total. The quantitative estimate of drug-likeness (QED) is 0.894. The van der Waals surface area contributed by atoms with Crippen molar-refractivity contribution in [2.45, 2.75) is 59.0 Å². The van der Waals surface area contributed by atoms with Gasteiger partial charge in [-0.2, -0.15) is 0 Å². The molecule has 0 bridgehead atoms. The Morgan fingerprint density at radius 1 is 1.42 bits per heavy atom. The molecule has 0 aromatic carbocycles. The van der Waals surface area contributed by atoms with Gasteiger partial charge in [-0.05, 0) is 50.1 Å². The number of hydrogen-bond acceptors (Lipinski definition) is 5. The van der Waals surface area contributed by atoms with Crippen molar-refractivity contribution < 1.29 is 4.79 Å². The van der Waals surface area contributed by atoms with Crippen LogP contribution in [-0.4, -0.2) is 51.9 Å². The number of aromatic nitrogens is 2. The van der Waals surface area contributed by atoms with E-state index in [2.05, 4.69) is 47.6 Å². The maximum absolute atomic E-state index is 13.1. The Kier molecular flexibility index (Phi) is 5.51. The molecule has 144 valence electrons. The van der Waals surface area contributed by atoms with Crippen LogP contribution < -0.4 is 5.73 Å². The van der Waals surface area contributed by atoms with Crippen molar-refractivity contribution in [2.24, 2.45) is 17.3 Å². The Labute approximate surface area is 157 Å². The van der Waals surface area contributed by atoms with Gasteiger partial charge < -0.3 is 10.6 Å². The average molecular weight is 360 g/mol. The lowest BCUT2D eigenvalue weighted by atomic mass is 9.67. The van der Waals surface area contributed by atoms with Gasteiger partial charge in [-0.15, -0.1) is 0 Å². The van der Waals surface area contributed by atoms with Crippen molar-refractivity contribution in [2.75, 3.05) is 25.9 Å². The molecular weight excluding hydrogens is 326 g/mol. The molecule has 2 fully saturated rings. The molecule has 0 radical (unpaired) electrons. The standard InChI is InChI=1S/C20H33N5O/c1-14-9-15(11-20(2,3)10-14)19(26)25-8-6-16(12-25)24(4)13-18-22-7-5-17(21)23-18/h5,7,14-16H,6,8-13H2,1-4H3,(H2,21,22,23)/t14-,15-,16-/m1/s1. The van der Waals surface area contributed by atoms with Gasteiger partial charge in [0, 0.05) is 31.2 Å². The van der Waals surface area contributed by atoms with E-state index in [0.29, 0.717) is 30.2 Å². The topological polar surface area (TPSA) is 75.4 Å². The van der Waals surface area contributed by atoms with E-state index in [4.69, 9.17) is 5.73 Å². The molecular formula is C20H33N5O. The number of likely N-dealkylation sites (tertiary alicyclic amines) is 1. The number of nitrogen functional groups attached to an aromatic ring is 1.